The van der Waals surface area contributed by atoms with Gasteiger partial charge in [0.25, 0.3) is 0 Å². The summed E-state index contributed by atoms with van der Waals surface area (Å²) in [6, 6.07) is 0. The first-order valence-electron chi connectivity index (χ1n) is 6.75. The second-order valence-electron chi connectivity index (χ2n) is 6.26. The predicted molar refractivity (Wildman–Crippen MR) is 66.2 cm³/mol. The van der Waals surface area contributed by atoms with Crippen molar-refractivity contribution in [3.63, 3.8) is 0 Å². The minimum atomic E-state index is -1.21. The van der Waals surface area contributed by atoms with Crippen molar-refractivity contribution in [1.29, 1.82) is 0 Å². The molecule has 4 heteroatoms. The smallest absolute Gasteiger partial charge is 0.183 e. The third kappa shape index (κ3) is 1.09. The number of aliphatic hydroxyl groups excluding tert-OH is 1. The molecule has 1 N–H and O–H groups in total. The standard InChI is InChI=1S/C15H16O4/c1-6(2)9-7-3-4-8(9)11-10(7)12(17)14-15(5-16,19-14)13(11)18/h3-4,7-8,10-11,14,16H,5H2,1-2H3/t7-,8-,10+,11+,14+,15+/m0/s1. The van der Waals surface area contributed by atoms with Crippen molar-refractivity contribution in [2.24, 2.45) is 23.7 Å². The highest BCUT2D eigenvalue weighted by Gasteiger charge is 2.75. The first-order valence-corrected chi connectivity index (χ1v) is 6.75. The molecule has 6 atom stereocenters. The summed E-state index contributed by atoms with van der Waals surface area (Å²) in [6.45, 7) is 3.69. The molecule has 4 aliphatic rings. The van der Waals surface area contributed by atoms with Gasteiger partial charge >= 0.3 is 0 Å². The van der Waals surface area contributed by atoms with Crippen LogP contribution in [0.5, 0.6) is 0 Å². The summed E-state index contributed by atoms with van der Waals surface area (Å²) in [5.41, 5.74) is 1.22. The number of hydrogen-bond donors (Lipinski definition) is 1. The molecule has 3 aliphatic carbocycles. The SMILES string of the molecule is CC(C)=C1[C@@H]2C=C[C@@H]1[C@H]1C(=O)[C@@]3(CO)O[C@@H]3C(=O)[C@@H]12. The van der Waals surface area contributed by atoms with E-state index in [1.165, 1.54) is 11.1 Å². The molecule has 19 heavy (non-hydrogen) atoms. The number of fused-ring (bicyclic) bond motifs is 6. The number of carbonyl (C=O) groups excluding carboxylic acids is 2. The van der Waals surface area contributed by atoms with Gasteiger partial charge < -0.3 is 9.84 Å². The maximum Gasteiger partial charge on any atom is 0.183 e. The second-order valence-corrected chi connectivity index (χ2v) is 6.26. The molecule has 0 aromatic rings. The Morgan fingerprint density at radius 3 is 2.47 bits per heavy atom. The zero-order chi connectivity index (χ0) is 13.5. The van der Waals surface area contributed by atoms with Gasteiger partial charge in [-0.25, -0.2) is 0 Å². The Bertz CT molecular complexity index is 569. The highest BCUT2D eigenvalue weighted by Crippen LogP contribution is 2.61. The number of epoxide rings is 1. The molecule has 100 valence electrons. The first-order chi connectivity index (χ1) is 9.03. The molecule has 0 spiro atoms. The van der Waals surface area contributed by atoms with Crippen molar-refractivity contribution < 1.29 is 19.4 Å². The van der Waals surface area contributed by atoms with Crippen LogP contribution in [0.15, 0.2) is 23.3 Å². The number of allylic oxidation sites excluding steroid dienone is 4. The van der Waals surface area contributed by atoms with E-state index in [9.17, 15) is 14.7 Å². The Morgan fingerprint density at radius 1 is 1.26 bits per heavy atom. The largest absolute Gasteiger partial charge is 0.393 e. The quantitative estimate of drug-likeness (QED) is 0.555. The second kappa shape index (κ2) is 3.25. The fourth-order valence-corrected chi connectivity index (χ4v) is 4.40. The molecule has 3 fully saturated rings. The van der Waals surface area contributed by atoms with Crippen LogP contribution < -0.4 is 0 Å². The van der Waals surface area contributed by atoms with Gasteiger partial charge in [-0.15, -0.1) is 0 Å². The Hall–Kier alpha value is -1.26. The van der Waals surface area contributed by atoms with Gasteiger partial charge in [0.1, 0.15) is 0 Å². The third-order valence-electron chi connectivity index (χ3n) is 5.22. The summed E-state index contributed by atoms with van der Waals surface area (Å²) < 4.78 is 5.30. The number of ether oxygens (including phenoxy) is 1. The van der Waals surface area contributed by atoms with Crippen LogP contribution in [0.1, 0.15) is 13.8 Å². The van der Waals surface area contributed by atoms with Crippen LogP contribution in [0, 0.1) is 23.7 Å². The lowest BCUT2D eigenvalue weighted by atomic mass is 9.68. The van der Waals surface area contributed by atoms with Crippen molar-refractivity contribution in [2.45, 2.75) is 25.6 Å². The van der Waals surface area contributed by atoms with Crippen molar-refractivity contribution in [2.75, 3.05) is 6.61 Å². The number of Topliss-reactive ketones (excluding diaryl/α,β-unsaturated/α-hetero) is 2. The van der Waals surface area contributed by atoms with Crippen LogP contribution in [-0.2, 0) is 14.3 Å². The van der Waals surface area contributed by atoms with E-state index in [1.54, 1.807) is 0 Å². The average Bonchev–Trinajstić information content (AvgIpc) is 2.88. The van der Waals surface area contributed by atoms with Crippen LogP contribution in [0.25, 0.3) is 0 Å². The highest BCUT2D eigenvalue weighted by atomic mass is 16.6. The summed E-state index contributed by atoms with van der Waals surface area (Å²) in [7, 11) is 0. The van der Waals surface area contributed by atoms with Gasteiger partial charge in [-0.3, -0.25) is 9.59 Å². The molecule has 1 aliphatic heterocycles. The molecule has 0 radical (unpaired) electrons. The van der Waals surface area contributed by atoms with Crippen molar-refractivity contribution in [1.82, 2.24) is 0 Å². The Morgan fingerprint density at radius 2 is 1.89 bits per heavy atom. The number of rotatable bonds is 1. The van der Waals surface area contributed by atoms with E-state index in [2.05, 4.69) is 6.08 Å². The summed E-state index contributed by atoms with van der Waals surface area (Å²) >= 11 is 0. The zero-order valence-corrected chi connectivity index (χ0v) is 10.9. The number of ketones is 2. The van der Waals surface area contributed by atoms with Crippen molar-refractivity contribution >= 4 is 11.6 Å². The Labute approximate surface area is 111 Å². The minimum Gasteiger partial charge on any atom is -0.393 e. The summed E-state index contributed by atoms with van der Waals surface area (Å²) in [6.07, 6.45) is 3.42. The Kier molecular flexibility index (Phi) is 1.97. The summed E-state index contributed by atoms with van der Waals surface area (Å²) in [4.78, 5) is 25.1. The molecule has 0 amide bonds. The molecule has 0 unspecified atom stereocenters. The maximum absolute atomic E-state index is 12.6. The molecule has 1 heterocycles. The van der Waals surface area contributed by atoms with Crippen LogP contribution in [0.2, 0.25) is 0 Å². The van der Waals surface area contributed by atoms with E-state index in [-0.39, 0.29) is 41.8 Å². The normalized spacial score (nSPS) is 49.4. The van der Waals surface area contributed by atoms with Crippen molar-refractivity contribution in [3.05, 3.63) is 23.3 Å². The molecule has 4 nitrogen and oxygen atoms in total. The molecular weight excluding hydrogens is 244 g/mol. The number of hydrogen-bond acceptors (Lipinski definition) is 4. The Balaban J connectivity index is 1.85. The van der Waals surface area contributed by atoms with Crippen LogP contribution in [0.3, 0.4) is 0 Å². The van der Waals surface area contributed by atoms with Gasteiger partial charge in [0.15, 0.2) is 23.3 Å². The third-order valence-corrected chi connectivity index (χ3v) is 5.22. The first kappa shape index (κ1) is 11.6. The van der Waals surface area contributed by atoms with Gasteiger partial charge in [0.05, 0.1) is 6.61 Å². The monoisotopic (exact) mass is 260 g/mol. The van der Waals surface area contributed by atoms with Crippen molar-refractivity contribution in [3.8, 4) is 0 Å². The summed E-state index contributed by atoms with van der Waals surface area (Å²) in [5.74, 6) is -0.547. The van der Waals surface area contributed by atoms with Gasteiger partial charge in [-0.1, -0.05) is 23.3 Å². The van der Waals surface area contributed by atoms with E-state index in [1.807, 2.05) is 19.9 Å². The van der Waals surface area contributed by atoms with Crippen LogP contribution in [-0.4, -0.2) is 35.0 Å². The van der Waals surface area contributed by atoms with Gasteiger partial charge in [0.2, 0.25) is 0 Å². The predicted octanol–water partition coefficient (Wildman–Crippen LogP) is 0.653. The number of aliphatic hydroxyl groups is 1. The van der Waals surface area contributed by atoms with E-state index in [0.29, 0.717) is 0 Å². The van der Waals surface area contributed by atoms with E-state index >= 15 is 0 Å². The molecule has 0 aromatic carbocycles. The van der Waals surface area contributed by atoms with E-state index in [0.717, 1.165) is 0 Å². The van der Waals surface area contributed by atoms with Gasteiger partial charge in [-0.2, -0.15) is 0 Å². The summed E-state index contributed by atoms with van der Waals surface area (Å²) in [5, 5.41) is 9.42. The van der Waals surface area contributed by atoms with Crippen LogP contribution in [0.4, 0.5) is 0 Å². The lowest BCUT2D eigenvalue weighted by Crippen LogP contribution is -2.50. The maximum atomic E-state index is 12.6. The van der Waals surface area contributed by atoms with Gasteiger partial charge in [0, 0.05) is 23.7 Å². The van der Waals surface area contributed by atoms with Gasteiger partial charge in [-0.05, 0) is 13.8 Å². The van der Waals surface area contributed by atoms with Crippen LogP contribution >= 0.6 is 0 Å². The molecular formula is C15H16O4. The average molecular weight is 260 g/mol. The topological polar surface area (TPSA) is 66.9 Å². The zero-order valence-electron chi connectivity index (χ0n) is 10.9. The molecule has 1 saturated heterocycles. The molecule has 4 rings (SSSR count). The highest BCUT2D eigenvalue weighted by molar-refractivity contribution is 6.10. The molecule has 2 saturated carbocycles. The minimum absolute atomic E-state index is 0.00856. The number of carbonyl (C=O) groups is 2. The van der Waals surface area contributed by atoms with E-state index < -0.39 is 11.7 Å². The van der Waals surface area contributed by atoms with E-state index in [4.69, 9.17) is 4.74 Å². The lowest BCUT2D eigenvalue weighted by molar-refractivity contribution is -0.139. The fourth-order valence-electron chi connectivity index (χ4n) is 4.40. The fraction of sp³-hybridized carbons (Fsp3) is 0.600. The lowest BCUT2D eigenvalue weighted by Gasteiger charge is -2.30. The molecule has 0 aromatic heterocycles. The molecule has 2 bridgehead atoms.